The van der Waals surface area contributed by atoms with Gasteiger partial charge in [-0.15, -0.1) is 12.4 Å². The van der Waals surface area contributed by atoms with E-state index in [0.717, 1.165) is 15.9 Å². The quantitative estimate of drug-likeness (QED) is 0.854. The van der Waals surface area contributed by atoms with Gasteiger partial charge in [0, 0.05) is 12.7 Å². The Morgan fingerprint density at radius 2 is 2.23 bits per heavy atom. The highest BCUT2D eigenvalue weighted by Crippen LogP contribution is 2.17. The summed E-state index contributed by atoms with van der Waals surface area (Å²) in [4.78, 5) is 4.32. The van der Waals surface area contributed by atoms with Gasteiger partial charge in [-0.2, -0.15) is 0 Å². The lowest BCUT2D eigenvalue weighted by molar-refractivity contribution is 1.00. The van der Waals surface area contributed by atoms with Crippen LogP contribution in [0.1, 0.15) is 5.69 Å². The Morgan fingerprint density at radius 3 is 2.85 bits per heavy atom. The Balaban J connectivity index is 0.000000845. The van der Waals surface area contributed by atoms with Gasteiger partial charge in [-0.1, -0.05) is 6.07 Å². The second-order valence-electron chi connectivity index (χ2n) is 2.48. The minimum atomic E-state index is 0. The fourth-order valence-corrected chi connectivity index (χ4v) is 1.69. The van der Waals surface area contributed by atoms with E-state index in [-0.39, 0.29) is 12.4 Å². The normalized spacial score (nSPS) is 10.0. The van der Waals surface area contributed by atoms with Crippen LogP contribution in [0.4, 0.5) is 0 Å². The molecule has 0 atom stereocenters. The van der Waals surface area contributed by atoms with E-state index in [2.05, 4.69) is 20.9 Å². The molecule has 0 aliphatic heterocycles. The van der Waals surface area contributed by atoms with Gasteiger partial charge in [0.25, 0.3) is 0 Å². The van der Waals surface area contributed by atoms with Gasteiger partial charge in [0.05, 0.1) is 5.69 Å². The molecule has 0 aromatic carbocycles. The SMILES string of the molecule is Cl.NCc1nc2ccccn2c1Br. The summed E-state index contributed by atoms with van der Waals surface area (Å²) in [5, 5.41) is 0. The topological polar surface area (TPSA) is 43.3 Å². The molecule has 0 unspecified atom stereocenters. The van der Waals surface area contributed by atoms with Gasteiger partial charge in [-0.3, -0.25) is 4.40 Å². The highest BCUT2D eigenvalue weighted by Gasteiger charge is 2.05. The van der Waals surface area contributed by atoms with Gasteiger partial charge in [-0.25, -0.2) is 4.98 Å². The number of aromatic nitrogens is 2. The third-order valence-corrected chi connectivity index (χ3v) is 2.57. The van der Waals surface area contributed by atoms with E-state index < -0.39 is 0 Å². The van der Waals surface area contributed by atoms with E-state index in [1.807, 2.05) is 28.8 Å². The first-order valence-electron chi connectivity index (χ1n) is 3.64. The standard InChI is InChI=1S/C8H8BrN3.ClH/c9-8-6(5-10)11-7-3-1-2-4-12(7)8;/h1-4H,5,10H2;1H. The lowest BCUT2D eigenvalue weighted by atomic mass is 10.5. The van der Waals surface area contributed by atoms with Crippen molar-refractivity contribution >= 4 is 34.0 Å². The predicted molar refractivity (Wildman–Crippen MR) is 58.0 cm³/mol. The first-order chi connectivity index (χ1) is 5.83. The molecule has 2 aromatic heterocycles. The molecule has 2 N–H and O–H groups in total. The molecule has 0 amide bonds. The maximum atomic E-state index is 5.51. The zero-order valence-corrected chi connectivity index (χ0v) is 9.18. The fourth-order valence-electron chi connectivity index (χ4n) is 1.14. The summed E-state index contributed by atoms with van der Waals surface area (Å²) in [7, 11) is 0. The number of fused-ring (bicyclic) bond motifs is 1. The van der Waals surface area contributed by atoms with E-state index in [4.69, 9.17) is 5.73 Å². The van der Waals surface area contributed by atoms with E-state index in [1.165, 1.54) is 0 Å². The molecule has 0 radical (unpaired) electrons. The molecule has 0 saturated carbocycles. The average molecular weight is 263 g/mol. The van der Waals surface area contributed by atoms with E-state index in [9.17, 15) is 0 Å². The number of pyridine rings is 1. The van der Waals surface area contributed by atoms with Crippen molar-refractivity contribution < 1.29 is 0 Å². The molecule has 0 fully saturated rings. The van der Waals surface area contributed by atoms with E-state index in [1.54, 1.807) is 0 Å². The van der Waals surface area contributed by atoms with Crippen LogP contribution in [0.25, 0.3) is 5.65 Å². The van der Waals surface area contributed by atoms with E-state index >= 15 is 0 Å². The van der Waals surface area contributed by atoms with Crippen LogP contribution in [0.15, 0.2) is 29.0 Å². The molecule has 2 heterocycles. The van der Waals surface area contributed by atoms with Gasteiger partial charge < -0.3 is 5.73 Å². The summed E-state index contributed by atoms with van der Waals surface area (Å²) in [6.45, 7) is 0.461. The van der Waals surface area contributed by atoms with Gasteiger partial charge in [-0.05, 0) is 28.1 Å². The number of imidazole rings is 1. The Labute approximate surface area is 90.5 Å². The lowest BCUT2D eigenvalue weighted by Crippen LogP contribution is -1.96. The van der Waals surface area contributed by atoms with Crippen molar-refractivity contribution in [3.05, 3.63) is 34.7 Å². The maximum absolute atomic E-state index is 5.51. The number of hydrogen-bond donors (Lipinski definition) is 1. The monoisotopic (exact) mass is 261 g/mol. The lowest BCUT2D eigenvalue weighted by Gasteiger charge is -1.92. The molecule has 5 heteroatoms. The first-order valence-corrected chi connectivity index (χ1v) is 4.44. The highest BCUT2D eigenvalue weighted by atomic mass is 79.9. The van der Waals surface area contributed by atoms with Crippen LogP contribution < -0.4 is 5.73 Å². The molecule has 0 aliphatic rings. The summed E-state index contributed by atoms with van der Waals surface area (Å²) in [5.74, 6) is 0. The second-order valence-corrected chi connectivity index (χ2v) is 3.23. The smallest absolute Gasteiger partial charge is 0.137 e. The molecule has 2 aromatic rings. The Kier molecular flexibility index (Phi) is 3.30. The molecular weight excluding hydrogens is 253 g/mol. The summed E-state index contributed by atoms with van der Waals surface area (Å²) >= 11 is 3.43. The summed E-state index contributed by atoms with van der Waals surface area (Å²) in [6.07, 6.45) is 1.95. The average Bonchev–Trinajstić information content (AvgIpc) is 2.44. The minimum absolute atomic E-state index is 0. The molecule has 2 rings (SSSR count). The van der Waals surface area contributed by atoms with Crippen LogP contribution >= 0.6 is 28.3 Å². The van der Waals surface area contributed by atoms with Gasteiger partial charge >= 0.3 is 0 Å². The van der Waals surface area contributed by atoms with Crippen LogP contribution in [0.3, 0.4) is 0 Å². The molecule has 0 saturated heterocycles. The van der Waals surface area contributed by atoms with Crippen molar-refractivity contribution in [2.75, 3.05) is 0 Å². The second kappa shape index (κ2) is 4.09. The molecule has 13 heavy (non-hydrogen) atoms. The predicted octanol–water partition coefficient (Wildman–Crippen LogP) is 1.98. The Bertz CT molecular complexity index is 413. The first kappa shape index (κ1) is 10.5. The third kappa shape index (κ3) is 1.70. The van der Waals surface area contributed by atoms with Crippen LogP contribution in [-0.4, -0.2) is 9.38 Å². The number of hydrogen-bond acceptors (Lipinski definition) is 2. The molecule has 0 bridgehead atoms. The van der Waals surface area contributed by atoms with Crippen molar-refractivity contribution in [1.82, 2.24) is 9.38 Å². The number of halogens is 2. The molecule has 0 aliphatic carbocycles. The zero-order chi connectivity index (χ0) is 8.55. The van der Waals surface area contributed by atoms with Gasteiger partial charge in [0.15, 0.2) is 0 Å². The maximum Gasteiger partial charge on any atom is 0.137 e. The summed E-state index contributed by atoms with van der Waals surface area (Å²) in [6, 6.07) is 5.86. The van der Waals surface area contributed by atoms with Crippen molar-refractivity contribution in [3.8, 4) is 0 Å². The number of nitrogens with zero attached hydrogens (tertiary/aromatic N) is 2. The van der Waals surface area contributed by atoms with Crippen molar-refractivity contribution in [2.45, 2.75) is 6.54 Å². The molecule has 3 nitrogen and oxygen atoms in total. The molecule has 70 valence electrons. The molecular formula is C8H9BrClN3. The molecule has 0 spiro atoms. The van der Waals surface area contributed by atoms with Crippen LogP contribution in [0.5, 0.6) is 0 Å². The van der Waals surface area contributed by atoms with E-state index in [0.29, 0.717) is 6.54 Å². The van der Waals surface area contributed by atoms with Crippen LogP contribution in [-0.2, 0) is 6.54 Å². The van der Waals surface area contributed by atoms with Crippen molar-refractivity contribution in [1.29, 1.82) is 0 Å². The summed E-state index contributed by atoms with van der Waals surface area (Å²) in [5.41, 5.74) is 7.32. The largest absolute Gasteiger partial charge is 0.325 e. The van der Waals surface area contributed by atoms with Gasteiger partial charge in [0.1, 0.15) is 10.3 Å². The Morgan fingerprint density at radius 1 is 1.46 bits per heavy atom. The Hall–Kier alpha value is -0.580. The van der Waals surface area contributed by atoms with Crippen molar-refractivity contribution in [3.63, 3.8) is 0 Å². The third-order valence-electron chi connectivity index (χ3n) is 1.73. The number of rotatable bonds is 1. The van der Waals surface area contributed by atoms with Crippen LogP contribution in [0, 0.1) is 0 Å². The summed E-state index contributed by atoms with van der Waals surface area (Å²) < 4.78 is 2.91. The minimum Gasteiger partial charge on any atom is -0.325 e. The highest BCUT2D eigenvalue weighted by molar-refractivity contribution is 9.10. The van der Waals surface area contributed by atoms with Crippen LogP contribution in [0.2, 0.25) is 0 Å². The van der Waals surface area contributed by atoms with Gasteiger partial charge in [0.2, 0.25) is 0 Å². The number of nitrogens with two attached hydrogens (primary N) is 1. The zero-order valence-electron chi connectivity index (χ0n) is 6.77. The fraction of sp³-hybridized carbons (Fsp3) is 0.125. The van der Waals surface area contributed by atoms with Crippen molar-refractivity contribution in [2.24, 2.45) is 5.73 Å².